The smallest absolute Gasteiger partial charge is 0.317 e. The second-order valence-electron chi connectivity index (χ2n) is 5.46. The van der Waals surface area contributed by atoms with Gasteiger partial charge in [0, 0.05) is 13.5 Å². The van der Waals surface area contributed by atoms with Crippen LogP contribution in [0.3, 0.4) is 0 Å². The molecule has 0 aliphatic heterocycles. The topological polar surface area (TPSA) is 77.4 Å². The molecular formula is C17H27ClN4O2. The minimum absolute atomic E-state index is 0. The average molecular weight is 355 g/mol. The molecule has 0 aliphatic rings. The number of hydrogen-bond acceptors (Lipinski definition) is 6. The zero-order chi connectivity index (χ0) is 16.5. The fourth-order valence-electron chi connectivity index (χ4n) is 2.25. The largest absolute Gasteiger partial charge is 0.491 e. The number of nitrogens with zero attached hydrogens (tertiary/aromatic N) is 3. The Hall–Kier alpha value is -1.79. The van der Waals surface area contributed by atoms with Gasteiger partial charge in [-0.15, -0.1) is 17.5 Å². The molecule has 2 N–H and O–H groups in total. The third-order valence-corrected chi connectivity index (χ3v) is 3.67. The fourth-order valence-corrected chi connectivity index (χ4v) is 2.25. The highest BCUT2D eigenvalue weighted by atomic mass is 35.5. The minimum Gasteiger partial charge on any atom is -0.491 e. The summed E-state index contributed by atoms with van der Waals surface area (Å²) in [6, 6.07) is 8.64. The third-order valence-electron chi connectivity index (χ3n) is 3.67. The summed E-state index contributed by atoms with van der Waals surface area (Å²) in [5.74, 6) is 1.61. The first-order valence-electron chi connectivity index (χ1n) is 8.19. The van der Waals surface area contributed by atoms with Crippen LogP contribution in [0.4, 0.5) is 6.01 Å². The predicted octanol–water partition coefficient (Wildman–Crippen LogP) is 2.85. The molecule has 0 saturated heterocycles. The molecule has 0 radical (unpaired) electrons. The minimum atomic E-state index is 0. The van der Waals surface area contributed by atoms with Crippen LogP contribution in [0.15, 0.2) is 28.7 Å². The van der Waals surface area contributed by atoms with E-state index in [0.717, 1.165) is 31.4 Å². The van der Waals surface area contributed by atoms with Crippen molar-refractivity contribution in [3.63, 3.8) is 0 Å². The van der Waals surface area contributed by atoms with Gasteiger partial charge >= 0.3 is 6.01 Å². The van der Waals surface area contributed by atoms with Gasteiger partial charge in [-0.3, -0.25) is 0 Å². The van der Waals surface area contributed by atoms with Crippen LogP contribution in [0, 0.1) is 0 Å². The van der Waals surface area contributed by atoms with Crippen molar-refractivity contribution in [2.24, 2.45) is 5.73 Å². The van der Waals surface area contributed by atoms with Gasteiger partial charge in [-0.2, -0.15) is 0 Å². The molecule has 1 aromatic carbocycles. The molecule has 0 fully saturated rings. The second-order valence-corrected chi connectivity index (χ2v) is 5.46. The van der Waals surface area contributed by atoms with Crippen molar-refractivity contribution in [2.75, 3.05) is 31.6 Å². The first-order valence-corrected chi connectivity index (χ1v) is 8.19. The molecule has 0 unspecified atom stereocenters. The van der Waals surface area contributed by atoms with E-state index in [1.54, 1.807) is 0 Å². The van der Waals surface area contributed by atoms with Crippen molar-refractivity contribution >= 4 is 18.4 Å². The molecular weight excluding hydrogens is 328 g/mol. The van der Waals surface area contributed by atoms with Crippen molar-refractivity contribution in [3.05, 3.63) is 35.7 Å². The van der Waals surface area contributed by atoms with Crippen molar-refractivity contribution < 1.29 is 9.15 Å². The van der Waals surface area contributed by atoms with Gasteiger partial charge in [-0.05, 0) is 37.4 Å². The number of rotatable bonds is 10. The fraction of sp³-hybridized carbons (Fsp3) is 0.529. The van der Waals surface area contributed by atoms with Gasteiger partial charge in [-0.25, -0.2) is 0 Å². The summed E-state index contributed by atoms with van der Waals surface area (Å²) in [5, 5.41) is 8.14. The predicted molar refractivity (Wildman–Crippen MR) is 98.1 cm³/mol. The molecule has 0 spiro atoms. The number of halogens is 1. The van der Waals surface area contributed by atoms with Gasteiger partial charge in [0.15, 0.2) is 0 Å². The number of aromatic nitrogens is 2. The van der Waals surface area contributed by atoms with Gasteiger partial charge in [-0.1, -0.05) is 30.2 Å². The van der Waals surface area contributed by atoms with Crippen molar-refractivity contribution in [2.45, 2.75) is 32.6 Å². The molecule has 0 aliphatic carbocycles. The highest BCUT2D eigenvalue weighted by Gasteiger charge is 2.11. The Morgan fingerprint density at radius 2 is 2.00 bits per heavy atom. The van der Waals surface area contributed by atoms with Crippen molar-refractivity contribution in [1.29, 1.82) is 0 Å². The Balaban J connectivity index is 0.00000288. The SMILES string of the molecule is CCc1ccccc1OCCN(C)c1nnc(CCCCN)o1.Cl. The van der Waals surface area contributed by atoms with E-state index in [1.165, 1.54) is 5.56 Å². The zero-order valence-electron chi connectivity index (χ0n) is 14.4. The average Bonchev–Trinajstić information content (AvgIpc) is 3.04. The van der Waals surface area contributed by atoms with E-state index >= 15 is 0 Å². The van der Waals surface area contributed by atoms with E-state index in [1.807, 2.05) is 30.1 Å². The lowest BCUT2D eigenvalue weighted by Crippen LogP contribution is -2.24. The van der Waals surface area contributed by atoms with Gasteiger partial charge in [0.05, 0.1) is 6.54 Å². The quantitative estimate of drug-likeness (QED) is 0.661. The van der Waals surface area contributed by atoms with Crippen LogP contribution in [-0.4, -0.2) is 36.9 Å². The number of para-hydroxylation sites is 1. The number of aryl methyl sites for hydroxylation is 2. The molecule has 24 heavy (non-hydrogen) atoms. The molecule has 7 heteroatoms. The van der Waals surface area contributed by atoms with E-state index in [9.17, 15) is 0 Å². The molecule has 1 heterocycles. The van der Waals surface area contributed by atoms with Crippen LogP contribution >= 0.6 is 12.4 Å². The highest BCUT2D eigenvalue weighted by molar-refractivity contribution is 5.85. The number of unbranched alkanes of at least 4 members (excludes halogenated alkanes) is 1. The third kappa shape index (κ3) is 6.02. The standard InChI is InChI=1S/C17H26N4O2.ClH/c1-3-14-8-4-5-9-15(14)22-13-12-21(2)17-20-19-16(23-17)10-6-7-11-18;/h4-5,8-9H,3,6-7,10-13,18H2,1-2H3;1H. The maximum Gasteiger partial charge on any atom is 0.317 e. The van der Waals surface area contributed by atoms with Crippen LogP contribution in [0.25, 0.3) is 0 Å². The van der Waals surface area contributed by atoms with Crippen LogP contribution in [0.5, 0.6) is 5.75 Å². The lowest BCUT2D eigenvalue weighted by atomic mass is 10.1. The van der Waals surface area contributed by atoms with Crippen LogP contribution in [-0.2, 0) is 12.8 Å². The Morgan fingerprint density at radius 3 is 2.75 bits per heavy atom. The maximum atomic E-state index is 5.86. The summed E-state index contributed by atoms with van der Waals surface area (Å²) in [6.07, 6.45) is 3.68. The molecule has 0 atom stereocenters. The summed E-state index contributed by atoms with van der Waals surface area (Å²) in [6.45, 7) is 4.07. The Labute approximate surface area is 149 Å². The van der Waals surface area contributed by atoms with E-state index in [4.69, 9.17) is 14.9 Å². The number of benzene rings is 1. The molecule has 2 aromatic rings. The number of hydrogen-bond donors (Lipinski definition) is 1. The number of ether oxygens (including phenoxy) is 1. The summed E-state index contributed by atoms with van der Waals surface area (Å²) < 4.78 is 11.5. The van der Waals surface area contributed by atoms with Gasteiger partial charge < -0.3 is 19.8 Å². The van der Waals surface area contributed by atoms with Crippen LogP contribution in [0.1, 0.15) is 31.2 Å². The van der Waals surface area contributed by atoms with E-state index in [-0.39, 0.29) is 12.4 Å². The maximum absolute atomic E-state index is 5.86. The van der Waals surface area contributed by atoms with Gasteiger partial charge in [0.2, 0.25) is 5.89 Å². The van der Waals surface area contributed by atoms with Crippen molar-refractivity contribution in [1.82, 2.24) is 10.2 Å². The van der Waals surface area contributed by atoms with Crippen molar-refractivity contribution in [3.8, 4) is 5.75 Å². The van der Waals surface area contributed by atoms with Gasteiger partial charge in [0.1, 0.15) is 12.4 Å². The first-order chi connectivity index (χ1) is 11.2. The second kappa shape index (κ2) is 10.9. The van der Waals surface area contributed by atoms with E-state index in [2.05, 4.69) is 23.2 Å². The number of likely N-dealkylation sites (N-methyl/N-ethyl adjacent to an activating group) is 1. The summed E-state index contributed by atoms with van der Waals surface area (Å²) in [5.41, 5.74) is 6.70. The van der Waals surface area contributed by atoms with Crippen LogP contribution < -0.4 is 15.4 Å². The summed E-state index contributed by atoms with van der Waals surface area (Å²) in [7, 11) is 1.92. The zero-order valence-corrected chi connectivity index (χ0v) is 15.2. The molecule has 0 saturated carbocycles. The first kappa shape index (κ1) is 20.3. The Kier molecular flexibility index (Phi) is 9.19. The Morgan fingerprint density at radius 1 is 1.21 bits per heavy atom. The summed E-state index contributed by atoms with van der Waals surface area (Å²) in [4.78, 5) is 1.91. The molecule has 134 valence electrons. The monoisotopic (exact) mass is 354 g/mol. The highest BCUT2D eigenvalue weighted by Crippen LogP contribution is 2.18. The molecule has 1 aromatic heterocycles. The number of anilines is 1. The number of nitrogens with two attached hydrogens (primary N) is 1. The summed E-state index contributed by atoms with van der Waals surface area (Å²) >= 11 is 0. The Bertz CT molecular complexity index is 591. The lowest BCUT2D eigenvalue weighted by Gasteiger charge is -2.15. The normalized spacial score (nSPS) is 10.3. The van der Waals surface area contributed by atoms with E-state index in [0.29, 0.717) is 31.6 Å². The van der Waals surface area contributed by atoms with Crippen LogP contribution in [0.2, 0.25) is 0 Å². The molecule has 2 rings (SSSR count). The molecule has 0 amide bonds. The molecule has 6 nitrogen and oxygen atoms in total. The van der Waals surface area contributed by atoms with E-state index < -0.39 is 0 Å². The lowest BCUT2D eigenvalue weighted by molar-refractivity contribution is 0.319. The van der Waals surface area contributed by atoms with Gasteiger partial charge in [0.25, 0.3) is 0 Å². The molecule has 0 bridgehead atoms.